The molecule has 7 nitrogen and oxygen atoms in total. The summed E-state index contributed by atoms with van der Waals surface area (Å²) in [6.07, 6.45) is 4.49. The number of aromatic nitrogens is 1. The summed E-state index contributed by atoms with van der Waals surface area (Å²) in [5, 5.41) is 1.78. The lowest BCUT2D eigenvalue weighted by molar-refractivity contribution is 0.0698. The number of pyridine rings is 1. The van der Waals surface area contributed by atoms with Crippen LogP contribution in [0.3, 0.4) is 0 Å². The van der Waals surface area contributed by atoms with Gasteiger partial charge < -0.3 is 14.4 Å². The maximum Gasteiger partial charge on any atom is 0.278 e. The molecule has 0 N–H and O–H groups in total. The lowest BCUT2D eigenvalue weighted by Crippen LogP contribution is -2.55. The highest BCUT2D eigenvalue weighted by Crippen LogP contribution is 2.38. The van der Waals surface area contributed by atoms with Crippen LogP contribution in [0.25, 0.3) is 0 Å². The second-order valence-corrected chi connectivity index (χ2v) is 9.57. The molecule has 214 valence electrons. The first kappa shape index (κ1) is 28.4. The second kappa shape index (κ2) is 12.6. The average molecular weight is 570 g/mol. The largest absolute Gasteiger partial charge is 0.486 e. The van der Waals surface area contributed by atoms with E-state index < -0.39 is 29.0 Å². The van der Waals surface area contributed by atoms with Crippen molar-refractivity contribution in [2.24, 2.45) is 0 Å². The van der Waals surface area contributed by atoms with E-state index in [0.717, 1.165) is 11.6 Å². The fraction of sp³-hybridized carbons (Fsp3) is 0.152. The smallest absolute Gasteiger partial charge is 0.278 e. The van der Waals surface area contributed by atoms with Crippen LogP contribution in [-0.2, 0) is 6.61 Å². The number of carbonyl (C=O) groups is 1. The third-order valence-corrected chi connectivity index (χ3v) is 6.83. The molecule has 0 saturated heterocycles. The highest BCUT2D eigenvalue weighted by Gasteiger charge is 2.38. The molecule has 3 aromatic carbocycles. The predicted octanol–water partition coefficient (Wildman–Crippen LogP) is 5.60. The highest BCUT2D eigenvalue weighted by molar-refractivity contribution is 5.96. The van der Waals surface area contributed by atoms with Crippen LogP contribution in [0.1, 0.15) is 33.2 Å². The molecule has 1 aliphatic heterocycles. The minimum absolute atomic E-state index is 0.00334. The molecular formula is C33H29F2N3O4. The molecule has 0 aliphatic carbocycles. The summed E-state index contributed by atoms with van der Waals surface area (Å²) in [5.41, 5.74) is 1.37. The standard InChI is InChI=1S/C33H29F2N3O4/c1-3-18-36-22-38(37-19-17-27(39)32(30(37)33(36)40)42-21-23-11-7-5-8-12-23)29(24-13-9-6-10-14-24)25-15-16-26(34)28(35)31(25)41-20-4-2/h3-17,19,29H,1-2,18,20-22H2. The van der Waals surface area contributed by atoms with Crippen LogP contribution in [0.5, 0.6) is 11.5 Å². The van der Waals surface area contributed by atoms with Crippen LogP contribution in [-0.4, -0.2) is 35.3 Å². The van der Waals surface area contributed by atoms with Crippen molar-refractivity contribution < 1.29 is 23.0 Å². The molecule has 0 saturated carbocycles. The minimum Gasteiger partial charge on any atom is -0.486 e. The molecule has 1 unspecified atom stereocenters. The van der Waals surface area contributed by atoms with Gasteiger partial charge in [-0.2, -0.15) is 4.39 Å². The van der Waals surface area contributed by atoms with Gasteiger partial charge in [0.05, 0.1) is 0 Å². The van der Waals surface area contributed by atoms with E-state index in [1.165, 1.54) is 29.3 Å². The lowest BCUT2D eigenvalue weighted by atomic mass is 9.96. The van der Waals surface area contributed by atoms with E-state index in [2.05, 4.69) is 13.2 Å². The Hall–Kier alpha value is -5.18. The summed E-state index contributed by atoms with van der Waals surface area (Å²) in [6, 6.07) is 21.5. The van der Waals surface area contributed by atoms with Crippen molar-refractivity contribution in [2.75, 3.05) is 24.8 Å². The zero-order valence-electron chi connectivity index (χ0n) is 22.8. The van der Waals surface area contributed by atoms with Crippen molar-refractivity contribution in [3.05, 3.63) is 155 Å². The molecule has 4 aromatic rings. The Kier molecular flexibility index (Phi) is 8.47. The SMILES string of the molecule is C=CCOc1c(C(c2ccccc2)N2CN(CC=C)C(=O)c3c(OCc4ccccc4)c(=O)ccn32)ccc(F)c1F. The zero-order chi connectivity index (χ0) is 29.6. The van der Waals surface area contributed by atoms with E-state index in [0.29, 0.717) is 11.1 Å². The number of amides is 1. The molecule has 0 radical (unpaired) electrons. The Morgan fingerprint density at radius 2 is 1.57 bits per heavy atom. The first-order valence-electron chi connectivity index (χ1n) is 13.3. The van der Waals surface area contributed by atoms with Crippen LogP contribution >= 0.6 is 0 Å². The van der Waals surface area contributed by atoms with Crippen molar-refractivity contribution in [2.45, 2.75) is 12.6 Å². The highest BCUT2D eigenvalue weighted by atomic mass is 19.2. The number of hydrogen-bond acceptors (Lipinski definition) is 5. The molecule has 0 fully saturated rings. The summed E-state index contributed by atoms with van der Waals surface area (Å²) in [6.45, 7) is 7.60. The fourth-order valence-electron chi connectivity index (χ4n) is 4.95. The third-order valence-electron chi connectivity index (χ3n) is 6.83. The van der Waals surface area contributed by atoms with Crippen LogP contribution in [0, 0.1) is 11.6 Å². The van der Waals surface area contributed by atoms with Crippen molar-refractivity contribution in [1.29, 1.82) is 0 Å². The van der Waals surface area contributed by atoms with Crippen LogP contribution in [0.4, 0.5) is 8.78 Å². The first-order valence-corrected chi connectivity index (χ1v) is 13.3. The predicted molar refractivity (Wildman–Crippen MR) is 156 cm³/mol. The normalized spacial score (nSPS) is 13.3. The molecule has 1 aromatic heterocycles. The molecule has 1 amide bonds. The van der Waals surface area contributed by atoms with Gasteiger partial charge in [-0.1, -0.05) is 79.4 Å². The summed E-state index contributed by atoms with van der Waals surface area (Å²) in [5.74, 6) is -3.04. The summed E-state index contributed by atoms with van der Waals surface area (Å²) in [4.78, 5) is 28.4. The van der Waals surface area contributed by atoms with Gasteiger partial charge in [0.2, 0.25) is 11.2 Å². The molecular weight excluding hydrogens is 540 g/mol. The van der Waals surface area contributed by atoms with Gasteiger partial charge >= 0.3 is 0 Å². The minimum atomic E-state index is -1.14. The molecule has 1 aliphatic rings. The molecule has 2 heterocycles. The number of nitrogens with zero attached hydrogens (tertiary/aromatic N) is 3. The maximum atomic E-state index is 15.3. The molecule has 0 bridgehead atoms. The summed E-state index contributed by atoms with van der Waals surface area (Å²) < 4.78 is 42.9. The Labute approximate surface area is 242 Å². The Bertz CT molecular complexity index is 1660. The lowest BCUT2D eigenvalue weighted by Gasteiger charge is -2.44. The quantitative estimate of drug-likeness (QED) is 0.220. The van der Waals surface area contributed by atoms with Gasteiger partial charge in [-0.15, -0.1) is 6.58 Å². The van der Waals surface area contributed by atoms with Crippen molar-refractivity contribution in [1.82, 2.24) is 9.58 Å². The van der Waals surface area contributed by atoms with Crippen LogP contribution in [0.15, 0.2) is 115 Å². The Morgan fingerprint density at radius 3 is 2.26 bits per heavy atom. The van der Waals surface area contributed by atoms with Gasteiger partial charge in [0.25, 0.3) is 5.91 Å². The molecule has 9 heteroatoms. The Morgan fingerprint density at radius 1 is 0.857 bits per heavy atom. The number of halogens is 2. The Balaban J connectivity index is 1.71. The number of benzene rings is 3. The number of fused-ring (bicyclic) bond motifs is 1. The summed E-state index contributed by atoms with van der Waals surface area (Å²) >= 11 is 0. The van der Waals surface area contributed by atoms with Crippen molar-refractivity contribution >= 4 is 5.91 Å². The van der Waals surface area contributed by atoms with Gasteiger partial charge in [0.15, 0.2) is 23.0 Å². The number of carbonyl (C=O) groups excluding carboxylic acids is 1. The fourth-order valence-corrected chi connectivity index (χ4v) is 4.95. The monoisotopic (exact) mass is 569 g/mol. The van der Waals surface area contributed by atoms with Gasteiger partial charge in [-0.3, -0.25) is 19.3 Å². The van der Waals surface area contributed by atoms with Gasteiger partial charge in [0, 0.05) is 24.4 Å². The van der Waals surface area contributed by atoms with Crippen LogP contribution < -0.4 is 19.9 Å². The van der Waals surface area contributed by atoms with E-state index in [4.69, 9.17) is 9.47 Å². The molecule has 0 spiro atoms. The van der Waals surface area contributed by atoms with Crippen LogP contribution in [0.2, 0.25) is 0 Å². The molecule has 42 heavy (non-hydrogen) atoms. The molecule has 5 rings (SSSR count). The van der Waals surface area contributed by atoms with E-state index >= 15 is 4.39 Å². The van der Waals surface area contributed by atoms with Crippen molar-refractivity contribution in [3.63, 3.8) is 0 Å². The van der Waals surface area contributed by atoms with Gasteiger partial charge in [0.1, 0.15) is 25.9 Å². The van der Waals surface area contributed by atoms with Gasteiger partial charge in [-0.05, 0) is 23.3 Å². The van der Waals surface area contributed by atoms with E-state index in [1.54, 1.807) is 15.8 Å². The topological polar surface area (TPSA) is 64.0 Å². The first-order chi connectivity index (χ1) is 20.4. The number of hydrogen-bond donors (Lipinski definition) is 0. The van der Waals surface area contributed by atoms with Crippen molar-refractivity contribution in [3.8, 4) is 11.5 Å². The number of rotatable bonds is 11. The zero-order valence-corrected chi connectivity index (χ0v) is 22.8. The third kappa shape index (κ3) is 5.54. The maximum absolute atomic E-state index is 15.3. The van der Waals surface area contributed by atoms with Gasteiger partial charge in [-0.25, -0.2) is 4.39 Å². The summed E-state index contributed by atoms with van der Waals surface area (Å²) in [7, 11) is 0. The van der Waals surface area contributed by atoms with E-state index in [1.807, 2.05) is 60.7 Å². The van der Waals surface area contributed by atoms with E-state index in [-0.39, 0.29) is 43.6 Å². The number of ether oxygens (including phenoxy) is 2. The molecule has 1 atom stereocenters. The average Bonchev–Trinajstić information content (AvgIpc) is 3.01. The van der Waals surface area contributed by atoms with E-state index in [9.17, 15) is 14.0 Å². The second-order valence-electron chi connectivity index (χ2n) is 9.57.